The first-order valence-corrected chi connectivity index (χ1v) is 3.83. The highest BCUT2D eigenvalue weighted by Crippen LogP contribution is 2.35. The number of anilines is 1. The molecule has 0 heterocycles. The smallest absolute Gasteiger partial charge is 0.338 e. The Labute approximate surface area is 84.2 Å². The van der Waals surface area contributed by atoms with Crippen molar-refractivity contribution < 1.29 is 19.6 Å². The van der Waals surface area contributed by atoms with Crippen molar-refractivity contribution in [3.05, 3.63) is 27.8 Å². The predicted molar refractivity (Wildman–Crippen MR) is 51.0 cm³/mol. The van der Waals surface area contributed by atoms with E-state index in [0.29, 0.717) is 0 Å². The zero-order valence-corrected chi connectivity index (χ0v) is 7.76. The minimum atomic E-state index is -1.32. The molecule has 0 fully saturated rings. The van der Waals surface area contributed by atoms with Crippen molar-refractivity contribution in [1.82, 2.24) is 0 Å². The van der Waals surface area contributed by atoms with Gasteiger partial charge in [-0.25, -0.2) is 4.79 Å². The lowest BCUT2D eigenvalue weighted by atomic mass is 10.1. The summed E-state index contributed by atoms with van der Waals surface area (Å²) >= 11 is 0. The molecule has 0 bridgehead atoms. The maximum Gasteiger partial charge on any atom is 0.338 e. The molecule has 0 spiro atoms. The maximum atomic E-state index is 10.7. The number of rotatable bonds is 3. The SMILES string of the molecule is COc1ccc(C(=O)O)c(N)c1[N+](=O)[O-]. The van der Waals surface area contributed by atoms with E-state index in [1.165, 1.54) is 13.2 Å². The number of benzene rings is 1. The van der Waals surface area contributed by atoms with Crippen molar-refractivity contribution in [3.63, 3.8) is 0 Å². The molecule has 1 aromatic carbocycles. The van der Waals surface area contributed by atoms with Crippen molar-refractivity contribution in [2.75, 3.05) is 12.8 Å². The van der Waals surface area contributed by atoms with E-state index >= 15 is 0 Å². The molecular formula is C8H8N2O5. The summed E-state index contributed by atoms with van der Waals surface area (Å²) in [7, 11) is 1.24. The van der Waals surface area contributed by atoms with Crippen LogP contribution in [0, 0.1) is 10.1 Å². The Morgan fingerprint density at radius 2 is 2.20 bits per heavy atom. The second kappa shape index (κ2) is 3.82. The van der Waals surface area contributed by atoms with Gasteiger partial charge in [-0.05, 0) is 12.1 Å². The Bertz CT molecular complexity index is 429. The molecule has 80 valence electrons. The van der Waals surface area contributed by atoms with Gasteiger partial charge in [-0.2, -0.15) is 0 Å². The van der Waals surface area contributed by atoms with Crippen molar-refractivity contribution in [1.29, 1.82) is 0 Å². The van der Waals surface area contributed by atoms with Gasteiger partial charge in [0.25, 0.3) is 0 Å². The number of methoxy groups -OCH3 is 1. The van der Waals surface area contributed by atoms with Crippen molar-refractivity contribution in [2.45, 2.75) is 0 Å². The van der Waals surface area contributed by atoms with Crippen molar-refractivity contribution in [3.8, 4) is 5.75 Å². The predicted octanol–water partition coefficient (Wildman–Crippen LogP) is 0.884. The van der Waals surface area contributed by atoms with Crippen LogP contribution in [0.15, 0.2) is 12.1 Å². The fourth-order valence-electron chi connectivity index (χ4n) is 1.13. The summed E-state index contributed by atoms with van der Waals surface area (Å²) in [6.07, 6.45) is 0. The molecule has 0 aliphatic heterocycles. The zero-order valence-electron chi connectivity index (χ0n) is 7.76. The topological polar surface area (TPSA) is 116 Å². The molecular weight excluding hydrogens is 204 g/mol. The summed E-state index contributed by atoms with van der Waals surface area (Å²) in [4.78, 5) is 20.5. The molecule has 0 unspecified atom stereocenters. The van der Waals surface area contributed by atoms with Crippen LogP contribution in [0.3, 0.4) is 0 Å². The van der Waals surface area contributed by atoms with Crippen LogP contribution in [0.25, 0.3) is 0 Å². The summed E-state index contributed by atoms with van der Waals surface area (Å²) in [6.45, 7) is 0. The quantitative estimate of drug-likeness (QED) is 0.436. The monoisotopic (exact) mass is 212 g/mol. The number of nitro benzene ring substituents is 1. The van der Waals surface area contributed by atoms with Crippen LogP contribution >= 0.6 is 0 Å². The minimum Gasteiger partial charge on any atom is -0.490 e. The molecule has 15 heavy (non-hydrogen) atoms. The average molecular weight is 212 g/mol. The van der Waals surface area contributed by atoms with Gasteiger partial charge in [0.2, 0.25) is 0 Å². The van der Waals surface area contributed by atoms with E-state index in [2.05, 4.69) is 0 Å². The number of ether oxygens (including phenoxy) is 1. The maximum absolute atomic E-state index is 10.7. The number of carboxylic acid groups (broad SMARTS) is 1. The first kappa shape index (κ1) is 10.8. The Balaban J connectivity index is 3.49. The van der Waals surface area contributed by atoms with Crippen LogP contribution in [-0.2, 0) is 0 Å². The van der Waals surface area contributed by atoms with Crippen molar-refractivity contribution >= 4 is 17.3 Å². The van der Waals surface area contributed by atoms with Gasteiger partial charge in [-0.15, -0.1) is 0 Å². The van der Waals surface area contributed by atoms with Crippen LogP contribution in [0.1, 0.15) is 10.4 Å². The Morgan fingerprint density at radius 1 is 1.60 bits per heavy atom. The van der Waals surface area contributed by atoms with Crippen LogP contribution < -0.4 is 10.5 Å². The molecule has 1 aromatic rings. The molecule has 0 amide bonds. The standard InChI is InChI=1S/C8H8N2O5/c1-15-5-3-2-4(8(11)12)6(9)7(5)10(13)14/h2-3H,9H2,1H3,(H,11,12). The highest BCUT2D eigenvalue weighted by atomic mass is 16.6. The number of hydrogen-bond donors (Lipinski definition) is 2. The third-order valence-corrected chi connectivity index (χ3v) is 1.81. The number of nitrogens with two attached hydrogens (primary N) is 1. The summed E-state index contributed by atoms with van der Waals surface area (Å²) in [5.74, 6) is -1.39. The van der Waals surface area contributed by atoms with Gasteiger partial charge in [0.05, 0.1) is 17.6 Å². The number of carboxylic acids is 1. The average Bonchev–Trinajstić information content (AvgIpc) is 2.15. The third kappa shape index (κ3) is 1.80. The fourth-order valence-corrected chi connectivity index (χ4v) is 1.13. The van der Waals surface area contributed by atoms with Crippen LogP contribution in [0.5, 0.6) is 5.75 Å². The summed E-state index contributed by atoms with van der Waals surface area (Å²) in [5, 5.41) is 19.3. The molecule has 7 heteroatoms. The fraction of sp³-hybridized carbons (Fsp3) is 0.125. The molecule has 1 rings (SSSR count). The molecule has 0 saturated heterocycles. The van der Waals surface area contributed by atoms with Gasteiger partial charge in [-0.1, -0.05) is 0 Å². The zero-order chi connectivity index (χ0) is 11.6. The number of nitrogen functional groups attached to an aromatic ring is 1. The summed E-state index contributed by atoms with van der Waals surface area (Å²) in [5.41, 5.74) is 4.10. The van der Waals surface area contributed by atoms with E-state index in [4.69, 9.17) is 15.6 Å². The van der Waals surface area contributed by atoms with Crippen LogP contribution in [-0.4, -0.2) is 23.1 Å². The highest BCUT2D eigenvalue weighted by molar-refractivity contribution is 5.97. The van der Waals surface area contributed by atoms with Crippen LogP contribution in [0.2, 0.25) is 0 Å². The number of nitro groups is 1. The van der Waals surface area contributed by atoms with E-state index in [-0.39, 0.29) is 11.3 Å². The Kier molecular flexibility index (Phi) is 2.75. The van der Waals surface area contributed by atoms with Crippen LogP contribution in [0.4, 0.5) is 11.4 Å². The lowest BCUT2D eigenvalue weighted by molar-refractivity contribution is -0.384. The van der Waals surface area contributed by atoms with Gasteiger partial charge >= 0.3 is 11.7 Å². The first-order valence-electron chi connectivity index (χ1n) is 3.83. The largest absolute Gasteiger partial charge is 0.490 e. The van der Waals surface area contributed by atoms with Gasteiger partial charge in [0, 0.05) is 0 Å². The number of carbonyl (C=O) groups is 1. The first-order chi connectivity index (χ1) is 6.99. The normalized spacial score (nSPS) is 9.67. The highest BCUT2D eigenvalue weighted by Gasteiger charge is 2.24. The molecule has 0 aliphatic rings. The number of nitrogens with zero attached hydrogens (tertiary/aromatic N) is 1. The molecule has 0 aliphatic carbocycles. The minimum absolute atomic E-state index is 0.0671. The molecule has 0 atom stereocenters. The number of hydrogen-bond acceptors (Lipinski definition) is 5. The lowest BCUT2D eigenvalue weighted by Crippen LogP contribution is -2.06. The molecule has 3 N–H and O–H groups in total. The van der Waals surface area contributed by atoms with E-state index in [0.717, 1.165) is 6.07 Å². The Morgan fingerprint density at radius 3 is 2.60 bits per heavy atom. The number of aromatic carboxylic acids is 1. The Hall–Kier alpha value is -2.31. The summed E-state index contributed by atoms with van der Waals surface area (Å²) < 4.78 is 4.71. The second-order valence-electron chi connectivity index (χ2n) is 2.64. The molecule has 7 nitrogen and oxygen atoms in total. The van der Waals surface area contributed by atoms with E-state index < -0.39 is 22.3 Å². The molecule has 0 saturated carbocycles. The van der Waals surface area contributed by atoms with E-state index in [1.807, 2.05) is 0 Å². The second-order valence-corrected chi connectivity index (χ2v) is 2.64. The van der Waals surface area contributed by atoms with E-state index in [1.54, 1.807) is 0 Å². The molecule has 0 radical (unpaired) electrons. The lowest BCUT2D eigenvalue weighted by Gasteiger charge is -2.05. The van der Waals surface area contributed by atoms with Gasteiger partial charge in [-0.3, -0.25) is 10.1 Å². The van der Waals surface area contributed by atoms with Gasteiger partial charge in [0.15, 0.2) is 5.75 Å². The van der Waals surface area contributed by atoms with E-state index in [9.17, 15) is 14.9 Å². The third-order valence-electron chi connectivity index (χ3n) is 1.81. The van der Waals surface area contributed by atoms with Crippen molar-refractivity contribution in [2.24, 2.45) is 0 Å². The van der Waals surface area contributed by atoms with Gasteiger partial charge < -0.3 is 15.6 Å². The summed E-state index contributed by atoms with van der Waals surface area (Å²) in [6, 6.07) is 2.35. The molecule has 0 aromatic heterocycles. The van der Waals surface area contributed by atoms with Gasteiger partial charge in [0.1, 0.15) is 5.69 Å².